The Morgan fingerprint density at radius 1 is 1.23 bits per heavy atom. The zero-order valence-electron chi connectivity index (χ0n) is 15.0. The van der Waals surface area contributed by atoms with Gasteiger partial charge in [-0.05, 0) is 49.4 Å². The number of fused-ring (bicyclic) bond motifs is 1. The number of benzene rings is 2. The van der Waals surface area contributed by atoms with Crippen molar-refractivity contribution < 1.29 is 19.1 Å². The van der Waals surface area contributed by atoms with E-state index in [1.807, 2.05) is 43.5 Å². The third-order valence-electron chi connectivity index (χ3n) is 4.43. The van der Waals surface area contributed by atoms with E-state index in [2.05, 4.69) is 0 Å². The van der Waals surface area contributed by atoms with E-state index in [0.717, 1.165) is 22.6 Å². The molecule has 26 heavy (non-hydrogen) atoms. The molecule has 0 aromatic heterocycles. The highest BCUT2D eigenvalue weighted by atomic mass is 32.2. The van der Waals surface area contributed by atoms with Crippen LogP contribution >= 0.6 is 11.8 Å². The molecule has 1 aliphatic rings. The Hall–Kier alpha value is -2.47. The highest BCUT2D eigenvalue weighted by molar-refractivity contribution is 7.98. The first kappa shape index (κ1) is 18.3. The second-order valence-electron chi connectivity index (χ2n) is 6.09. The minimum Gasteiger partial charge on any atom is -0.496 e. The van der Waals surface area contributed by atoms with Crippen molar-refractivity contribution in [2.75, 3.05) is 24.9 Å². The van der Waals surface area contributed by atoms with Crippen molar-refractivity contribution in [1.29, 1.82) is 0 Å². The van der Waals surface area contributed by atoms with Gasteiger partial charge in [-0.3, -0.25) is 4.79 Å². The Bertz CT molecular complexity index is 836. The van der Waals surface area contributed by atoms with Crippen LogP contribution in [0.5, 0.6) is 5.75 Å². The molecule has 1 aliphatic heterocycles. The average molecular weight is 371 g/mol. The molecule has 5 nitrogen and oxygen atoms in total. The molecule has 0 radical (unpaired) electrons. The summed E-state index contributed by atoms with van der Waals surface area (Å²) in [7, 11) is 1.50. The number of anilines is 1. The number of methoxy groups -OCH3 is 1. The number of hydrogen-bond donors (Lipinski definition) is 0. The molecular formula is C20H21NO4S. The topological polar surface area (TPSA) is 55.8 Å². The van der Waals surface area contributed by atoms with E-state index >= 15 is 0 Å². The molecule has 0 fully saturated rings. The van der Waals surface area contributed by atoms with Crippen molar-refractivity contribution >= 4 is 29.3 Å². The average Bonchev–Trinajstić information content (AvgIpc) is 3.00. The van der Waals surface area contributed by atoms with Crippen LogP contribution in [0.3, 0.4) is 0 Å². The third kappa shape index (κ3) is 3.55. The maximum Gasteiger partial charge on any atom is 0.342 e. The zero-order chi connectivity index (χ0) is 18.7. The van der Waals surface area contributed by atoms with E-state index in [9.17, 15) is 9.59 Å². The first-order valence-electron chi connectivity index (χ1n) is 8.34. The largest absolute Gasteiger partial charge is 0.496 e. The number of nitrogens with zero attached hydrogens (tertiary/aromatic N) is 1. The van der Waals surface area contributed by atoms with Crippen LogP contribution in [0.4, 0.5) is 5.69 Å². The normalized spacial score (nSPS) is 15.5. The van der Waals surface area contributed by atoms with Gasteiger partial charge >= 0.3 is 5.97 Å². The summed E-state index contributed by atoms with van der Waals surface area (Å²) in [6.45, 7) is 1.69. The zero-order valence-corrected chi connectivity index (χ0v) is 15.8. The van der Waals surface area contributed by atoms with Gasteiger partial charge in [0.2, 0.25) is 0 Å². The lowest BCUT2D eigenvalue weighted by Gasteiger charge is -2.22. The Morgan fingerprint density at radius 2 is 2.00 bits per heavy atom. The van der Waals surface area contributed by atoms with E-state index in [0.29, 0.717) is 11.3 Å². The third-order valence-corrected chi connectivity index (χ3v) is 5.16. The fourth-order valence-electron chi connectivity index (χ4n) is 3.19. The molecule has 0 bridgehead atoms. The van der Waals surface area contributed by atoms with Crippen molar-refractivity contribution in [2.24, 2.45) is 0 Å². The van der Waals surface area contributed by atoms with Gasteiger partial charge in [0.05, 0.1) is 7.11 Å². The summed E-state index contributed by atoms with van der Waals surface area (Å²) in [6.07, 6.45) is 2.75. The number of amides is 1. The van der Waals surface area contributed by atoms with E-state index < -0.39 is 5.97 Å². The van der Waals surface area contributed by atoms with Crippen LogP contribution in [-0.2, 0) is 16.0 Å². The second-order valence-corrected chi connectivity index (χ2v) is 6.97. The van der Waals surface area contributed by atoms with Gasteiger partial charge in [-0.25, -0.2) is 4.79 Å². The van der Waals surface area contributed by atoms with Crippen LogP contribution in [0.2, 0.25) is 0 Å². The monoisotopic (exact) mass is 371 g/mol. The van der Waals surface area contributed by atoms with E-state index in [-0.39, 0.29) is 18.6 Å². The highest BCUT2D eigenvalue weighted by Crippen LogP contribution is 2.32. The number of carbonyl (C=O) groups is 2. The molecule has 2 aromatic carbocycles. The van der Waals surface area contributed by atoms with Gasteiger partial charge in [0.25, 0.3) is 5.91 Å². The summed E-state index contributed by atoms with van der Waals surface area (Å²) >= 11 is 1.55. The number of ether oxygens (including phenoxy) is 2. The maximum atomic E-state index is 12.6. The van der Waals surface area contributed by atoms with Gasteiger partial charge in [0.1, 0.15) is 11.3 Å². The fraction of sp³-hybridized carbons (Fsp3) is 0.300. The van der Waals surface area contributed by atoms with Gasteiger partial charge in [0, 0.05) is 16.6 Å². The predicted molar refractivity (Wildman–Crippen MR) is 102 cm³/mol. The smallest absolute Gasteiger partial charge is 0.342 e. The molecule has 1 amide bonds. The van der Waals surface area contributed by atoms with Crippen LogP contribution in [0.1, 0.15) is 22.8 Å². The predicted octanol–water partition coefficient (Wildman–Crippen LogP) is 3.55. The van der Waals surface area contributed by atoms with Gasteiger partial charge in [-0.1, -0.05) is 18.2 Å². The minimum absolute atomic E-state index is 0.0500. The van der Waals surface area contributed by atoms with Crippen LogP contribution in [0.15, 0.2) is 47.4 Å². The maximum absolute atomic E-state index is 12.6. The molecule has 136 valence electrons. The molecule has 3 rings (SSSR count). The molecule has 0 saturated carbocycles. The molecule has 0 saturated heterocycles. The van der Waals surface area contributed by atoms with Gasteiger partial charge in [0.15, 0.2) is 6.61 Å². The SMILES string of the molecule is COc1cc(SC)ccc1C(=O)OCC(=O)N1c2ccccc2C[C@@H]1C. The van der Waals surface area contributed by atoms with Gasteiger partial charge in [-0.2, -0.15) is 0 Å². The lowest BCUT2D eigenvalue weighted by atomic mass is 10.1. The molecule has 0 unspecified atom stereocenters. The highest BCUT2D eigenvalue weighted by Gasteiger charge is 2.31. The second kappa shape index (κ2) is 7.83. The summed E-state index contributed by atoms with van der Waals surface area (Å²) < 4.78 is 10.5. The summed E-state index contributed by atoms with van der Waals surface area (Å²) in [4.78, 5) is 27.7. The molecule has 0 N–H and O–H groups in total. The van der Waals surface area contributed by atoms with E-state index in [4.69, 9.17) is 9.47 Å². The van der Waals surface area contributed by atoms with Crippen LogP contribution in [0.25, 0.3) is 0 Å². The molecule has 1 heterocycles. The van der Waals surface area contributed by atoms with Crippen LogP contribution < -0.4 is 9.64 Å². The van der Waals surface area contributed by atoms with E-state index in [1.54, 1.807) is 28.8 Å². The van der Waals surface area contributed by atoms with Crippen molar-refractivity contribution in [2.45, 2.75) is 24.3 Å². The minimum atomic E-state index is -0.567. The summed E-state index contributed by atoms with van der Waals surface area (Å²) in [5, 5.41) is 0. The first-order chi connectivity index (χ1) is 12.5. The van der Waals surface area contributed by atoms with Crippen molar-refractivity contribution in [1.82, 2.24) is 0 Å². The van der Waals surface area contributed by atoms with Gasteiger partial charge in [-0.15, -0.1) is 11.8 Å². The molecule has 0 aliphatic carbocycles. The standard InChI is InChI=1S/C20H21NO4S/c1-13-10-14-6-4-5-7-17(14)21(13)19(22)12-25-20(23)16-9-8-15(26-3)11-18(16)24-2/h4-9,11,13H,10,12H2,1-3H3/t13-/m0/s1. The molecule has 6 heteroatoms. The number of thioether (sulfide) groups is 1. The molecule has 1 atom stereocenters. The lowest BCUT2D eigenvalue weighted by molar-refractivity contribution is -0.122. The number of para-hydroxylation sites is 1. The summed E-state index contributed by atoms with van der Waals surface area (Å²) in [5.74, 6) is -0.354. The Kier molecular flexibility index (Phi) is 5.52. The quantitative estimate of drug-likeness (QED) is 0.594. The summed E-state index contributed by atoms with van der Waals surface area (Å²) in [5.41, 5.74) is 2.34. The number of rotatable bonds is 5. The van der Waals surface area contributed by atoms with Crippen molar-refractivity contribution in [3.8, 4) is 5.75 Å². The summed E-state index contributed by atoms with van der Waals surface area (Å²) in [6, 6.07) is 13.1. The fourth-order valence-corrected chi connectivity index (χ4v) is 3.62. The Labute approximate surface area is 157 Å². The number of esters is 1. The number of hydrogen-bond acceptors (Lipinski definition) is 5. The van der Waals surface area contributed by atoms with E-state index in [1.165, 1.54) is 7.11 Å². The van der Waals surface area contributed by atoms with Gasteiger partial charge < -0.3 is 14.4 Å². The number of carbonyl (C=O) groups excluding carboxylic acids is 2. The molecular weight excluding hydrogens is 350 g/mol. The van der Waals surface area contributed by atoms with Crippen molar-refractivity contribution in [3.63, 3.8) is 0 Å². The van der Waals surface area contributed by atoms with Crippen molar-refractivity contribution in [3.05, 3.63) is 53.6 Å². The Balaban J connectivity index is 1.69. The molecule has 2 aromatic rings. The molecule has 0 spiro atoms. The Morgan fingerprint density at radius 3 is 2.73 bits per heavy atom. The van der Waals surface area contributed by atoms with Crippen LogP contribution in [-0.4, -0.2) is 37.9 Å². The lowest BCUT2D eigenvalue weighted by Crippen LogP contribution is -2.38. The first-order valence-corrected chi connectivity index (χ1v) is 9.56. The van der Waals surface area contributed by atoms with Crippen LogP contribution in [0, 0.1) is 0 Å².